The summed E-state index contributed by atoms with van der Waals surface area (Å²) in [6.45, 7) is 0. The number of nitrogens with zero attached hydrogens (tertiary/aromatic N) is 1. The Morgan fingerprint density at radius 1 is 1.11 bits per heavy atom. The molecule has 1 nitrogen and oxygen atoms in total. The highest BCUT2D eigenvalue weighted by atomic mass is 15.1. The maximum atomic E-state index is 2.48. The standard InChI is InChI=1S/C18H25N/c1-19(2)16-12-11-15-9-6-10-17(18(15)13-16)14-7-4-3-5-8-14/h6-7,9-10,16H,3-5,8,11-13H2,1-2H3. The molecule has 0 heterocycles. The van der Waals surface area contributed by atoms with E-state index in [0.717, 1.165) is 6.04 Å². The van der Waals surface area contributed by atoms with Crippen molar-refractivity contribution in [2.24, 2.45) is 0 Å². The van der Waals surface area contributed by atoms with Crippen LogP contribution in [0.15, 0.2) is 24.3 Å². The zero-order valence-corrected chi connectivity index (χ0v) is 12.3. The number of benzene rings is 1. The van der Waals surface area contributed by atoms with Gasteiger partial charge < -0.3 is 4.90 Å². The molecule has 0 spiro atoms. The summed E-state index contributed by atoms with van der Waals surface area (Å²) in [5, 5.41) is 0. The molecule has 0 amide bonds. The van der Waals surface area contributed by atoms with E-state index in [1.165, 1.54) is 44.9 Å². The molecule has 2 aliphatic rings. The first kappa shape index (κ1) is 12.9. The van der Waals surface area contributed by atoms with E-state index in [1.807, 2.05) is 0 Å². The van der Waals surface area contributed by atoms with Crippen LogP contribution in [0, 0.1) is 0 Å². The largest absolute Gasteiger partial charge is 0.306 e. The van der Waals surface area contributed by atoms with E-state index >= 15 is 0 Å². The lowest BCUT2D eigenvalue weighted by molar-refractivity contribution is 0.268. The van der Waals surface area contributed by atoms with Gasteiger partial charge in [0.15, 0.2) is 0 Å². The number of hydrogen-bond donors (Lipinski definition) is 0. The average Bonchev–Trinajstić information content (AvgIpc) is 2.47. The molecule has 1 unspecified atom stereocenters. The van der Waals surface area contributed by atoms with E-state index in [9.17, 15) is 0 Å². The van der Waals surface area contributed by atoms with Gasteiger partial charge in [0, 0.05) is 6.04 Å². The van der Waals surface area contributed by atoms with Crippen LogP contribution in [0.1, 0.15) is 48.8 Å². The van der Waals surface area contributed by atoms with Crippen LogP contribution in [0.2, 0.25) is 0 Å². The molecule has 0 saturated heterocycles. The molecule has 102 valence electrons. The molecule has 19 heavy (non-hydrogen) atoms. The van der Waals surface area contributed by atoms with Gasteiger partial charge in [0.05, 0.1) is 0 Å². The van der Waals surface area contributed by atoms with Crippen LogP contribution in [0.3, 0.4) is 0 Å². The Balaban J connectivity index is 1.96. The highest BCUT2D eigenvalue weighted by molar-refractivity contribution is 5.70. The fourth-order valence-corrected chi connectivity index (χ4v) is 3.59. The van der Waals surface area contributed by atoms with Crippen LogP contribution >= 0.6 is 0 Å². The van der Waals surface area contributed by atoms with E-state index in [1.54, 1.807) is 22.3 Å². The smallest absolute Gasteiger partial charge is 0.0133 e. The Bertz CT molecular complexity index is 484. The van der Waals surface area contributed by atoms with Gasteiger partial charge in [0.2, 0.25) is 0 Å². The van der Waals surface area contributed by atoms with Crippen LogP contribution in [0.25, 0.3) is 5.57 Å². The Morgan fingerprint density at radius 2 is 2.00 bits per heavy atom. The third-order valence-electron chi connectivity index (χ3n) is 4.83. The second kappa shape index (κ2) is 5.50. The predicted octanol–water partition coefficient (Wildman–Crippen LogP) is 4.06. The van der Waals surface area contributed by atoms with Gasteiger partial charge in [-0.05, 0) is 81.3 Å². The predicted molar refractivity (Wildman–Crippen MR) is 82.4 cm³/mol. The lowest BCUT2D eigenvalue weighted by atomic mass is 9.81. The first-order chi connectivity index (χ1) is 9.25. The minimum Gasteiger partial charge on any atom is -0.306 e. The Labute approximate surface area is 117 Å². The van der Waals surface area contributed by atoms with Crippen molar-refractivity contribution in [1.82, 2.24) is 4.90 Å². The summed E-state index contributed by atoms with van der Waals surface area (Å²) in [6, 6.07) is 7.68. The molecular formula is C18H25N. The number of fused-ring (bicyclic) bond motifs is 1. The molecule has 0 bridgehead atoms. The summed E-state index contributed by atoms with van der Waals surface area (Å²) in [4.78, 5) is 2.40. The fraction of sp³-hybridized carbons (Fsp3) is 0.556. The van der Waals surface area contributed by atoms with E-state index in [4.69, 9.17) is 0 Å². The molecule has 0 N–H and O–H groups in total. The molecule has 0 radical (unpaired) electrons. The third-order valence-corrected chi connectivity index (χ3v) is 4.83. The number of hydrogen-bond acceptors (Lipinski definition) is 1. The maximum Gasteiger partial charge on any atom is 0.0133 e. The summed E-state index contributed by atoms with van der Waals surface area (Å²) < 4.78 is 0. The van der Waals surface area contributed by atoms with Gasteiger partial charge in [-0.2, -0.15) is 0 Å². The molecular weight excluding hydrogens is 230 g/mol. The second-order valence-electron chi connectivity index (χ2n) is 6.28. The van der Waals surface area contributed by atoms with Crippen LogP contribution in [0.4, 0.5) is 0 Å². The molecule has 1 atom stereocenters. The van der Waals surface area contributed by atoms with Crippen molar-refractivity contribution < 1.29 is 0 Å². The molecule has 1 aromatic rings. The summed E-state index contributed by atoms with van der Waals surface area (Å²) >= 11 is 0. The zero-order chi connectivity index (χ0) is 13.2. The third kappa shape index (κ3) is 2.62. The summed E-state index contributed by atoms with van der Waals surface area (Å²) in [6.07, 6.45) is 11.6. The van der Waals surface area contributed by atoms with Gasteiger partial charge in [-0.15, -0.1) is 0 Å². The molecule has 1 aromatic carbocycles. The van der Waals surface area contributed by atoms with Gasteiger partial charge in [-0.1, -0.05) is 24.3 Å². The topological polar surface area (TPSA) is 3.24 Å². The van der Waals surface area contributed by atoms with E-state index < -0.39 is 0 Å². The monoisotopic (exact) mass is 255 g/mol. The summed E-state index contributed by atoms with van der Waals surface area (Å²) in [7, 11) is 4.44. The number of allylic oxidation sites excluding steroid dienone is 2. The number of rotatable bonds is 2. The van der Waals surface area contributed by atoms with Crippen molar-refractivity contribution >= 4 is 5.57 Å². The van der Waals surface area contributed by atoms with E-state index in [0.29, 0.717) is 0 Å². The van der Waals surface area contributed by atoms with Crippen LogP contribution < -0.4 is 0 Å². The van der Waals surface area contributed by atoms with E-state index in [2.05, 4.69) is 43.3 Å². The van der Waals surface area contributed by atoms with Crippen molar-refractivity contribution in [2.45, 2.75) is 51.0 Å². The summed E-state index contributed by atoms with van der Waals surface area (Å²) in [5.74, 6) is 0. The Morgan fingerprint density at radius 3 is 2.74 bits per heavy atom. The van der Waals surface area contributed by atoms with Crippen molar-refractivity contribution in [1.29, 1.82) is 0 Å². The van der Waals surface area contributed by atoms with Crippen molar-refractivity contribution in [3.63, 3.8) is 0 Å². The lowest BCUT2D eigenvalue weighted by Gasteiger charge is -2.32. The van der Waals surface area contributed by atoms with E-state index in [-0.39, 0.29) is 0 Å². The molecule has 1 heteroatoms. The highest BCUT2D eigenvalue weighted by Crippen LogP contribution is 2.34. The normalized spacial score (nSPS) is 23.1. The Kier molecular flexibility index (Phi) is 3.74. The van der Waals surface area contributed by atoms with Gasteiger partial charge >= 0.3 is 0 Å². The molecule has 0 aliphatic heterocycles. The molecule has 3 rings (SSSR count). The van der Waals surface area contributed by atoms with Crippen LogP contribution in [0.5, 0.6) is 0 Å². The van der Waals surface area contributed by atoms with Gasteiger partial charge in [0.1, 0.15) is 0 Å². The minimum atomic E-state index is 0.720. The lowest BCUT2D eigenvalue weighted by Crippen LogP contribution is -2.34. The number of likely N-dealkylation sites (N-methyl/N-ethyl adjacent to an activating group) is 1. The van der Waals surface area contributed by atoms with Crippen molar-refractivity contribution in [3.05, 3.63) is 41.0 Å². The van der Waals surface area contributed by atoms with Gasteiger partial charge in [-0.25, -0.2) is 0 Å². The summed E-state index contributed by atoms with van der Waals surface area (Å²) in [5.41, 5.74) is 6.41. The van der Waals surface area contributed by atoms with Crippen molar-refractivity contribution in [3.8, 4) is 0 Å². The first-order valence-corrected chi connectivity index (χ1v) is 7.72. The number of aryl methyl sites for hydroxylation is 1. The molecule has 0 fully saturated rings. The second-order valence-corrected chi connectivity index (χ2v) is 6.28. The van der Waals surface area contributed by atoms with Crippen LogP contribution in [-0.4, -0.2) is 25.0 Å². The fourth-order valence-electron chi connectivity index (χ4n) is 3.59. The maximum absolute atomic E-state index is 2.48. The highest BCUT2D eigenvalue weighted by Gasteiger charge is 2.23. The average molecular weight is 255 g/mol. The minimum absolute atomic E-state index is 0.720. The molecule has 2 aliphatic carbocycles. The van der Waals surface area contributed by atoms with Gasteiger partial charge in [0.25, 0.3) is 0 Å². The van der Waals surface area contributed by atoms with Crippen molar-refractivity contribution in [2.75, 3.05) is 14.1 Å². The van der Waals surface area contributed by atoms with Gasteiger partial charge in [-0.3, -0.25) is 0 Å². The first-order valence-electron chi connectivity index (χ1n) is 7.72. The Hall–Kier alpha value is -1.08. The van der Waals surface area contributed by atoms with Crippen LogP contribution in [-0.2, 0) is 12.8 Å². The molecule has 0 aromatic heterocycles. The molecule has 0 saturated carbocycles. The SMILES string of the molecule is CN(C)C1CCc2cccc(C3=CCCCC3)c2C1. The quantitative estimate of drug-likeness (QED) is 0.770. The zero-order valence-electron chi connectivity index (χ0n) is 12.3.